The van der Waals surface area contributed by atoms with Crippen molar-refractivity contribution in [2.45, 2.75) is 6.18 Å². The Morgan fingerprint density at radius 3 is 1.87 bits per heavy atom. The van der Waals surface area contributed by atoms with Crippen LogP contribution < -0.4 is 0 Å². The molecule has 15 heavy (non-hydrogen) atoms. The molecular weight excluding hydrogens is 334 g/mol. The topological polar surface area (TPSA) is 17.1 Å². The molecule has 82 valence electrons. The standard InChI is InChI=1S/C8H2F5IO/c9-4-1-3(14)2-5(10)6(4)7(15)8(11,12)13/h1-2H. The van der Waals surface area contributed by atoms with Crippen LogP contribution in [0, 0.1) is 15.2 Å². The van der Waals surface area contributed by atoms with E-state index in [1.807, 2.05) is 0 Å². The molecular formula is C8H2F5IO. The molecule has 0 saturated carbocycles. The van der Waals surface area contributed by atoms with Crippen LogP contribution in [0.2, 0.25) is 0 Å². The minimum absolute atomic E-state index is 0.0707. The van der Waals surface area contributed by atoms with Crippen molar-refractivity contribution in [3.8, 4) is 0 Å². The van der Waals surface area contributed by atoms with Crippen molar-refractivity contribution in [2.24, 2.45) is 0 Å². The predicted octanol–water partition coefficient (Wildman–Crippen LogP) is 3.31. The molecule has 0 unspecified atom stereocenters. The highest BCUT2D eigenvalue weighted by Crippen LogP contribution is 2.26. The highest BCUT2D eigenvalue weighted by Gasteiger charge is 2.42. The molecule has 0 aliphatic carbocycles. The van der Waals surface area contributed by atoms with Crippen LogP contribution in [-0.2, 0) is 0 Å². The largest absolute Gasteiger partial charge is 0.455 e. The first-order valence-electron chi connectivity index (χ1n) is 3.49. The fraction of sp³-hybridized carbons (Fsp3) is 0.125. The van der Waals surface area contributed by atoms with Gasteiger partial charge in [-0.2, -0.15) is 13.2 Å². The highest BCUT2D eigenvalue weighted by atomic mass is 127. The zero-order chi connectivity index (χ0) is 11.8. The molecule has 0 heterocycles. The van der Waals surface area contributed by atoms with Gasteiger partial charge in [-0.1, -0.05) is 0 Å². The summed E-state index contributed by atoms with van der Waals surface area (Å²) in [4.78, 5) is 10.6. The van der Waals surface area contributed by atoms with Crippen molar-refractivity contribution >= 4 is 28.4 Å². The quantitative estimate of drug-likeness (QED) is 0.437. The van der Waals surface area contributed by atoms with Crippen molar-refractivity contribution < 1.29 is 26.7 Å². The molecule has 0 spiro atoms. The first-order chi connectivity index (χ1) is 6.73. The zero-order valence-corrected chi connectivity index (χ0v) is 8.99. The molecule has 0 fully saturated rings. The molecule has 1 aromatic rings. The van der Waals surface area contributed by atoms with Gasteiger partial charge in [0.1, 0.15) is 11.6 Å². The van der Waals surface area contributed by atoms with Crippen LogP contribution in [0.3, 0.4) is 0 Å². The lowest BCUT2D eigenvalue weighted by Gasteiger charge is -2.07. The van der Waals surface area contributed by atoms with E-state index in [-0.39, 0.29) is 3.57 Å². The fourth-order valence-electron chi connectivity index (χ4n) is 0.901. The molecule has 1 rings (SSSR count). The predicted molar refractivity (Wildman–Crippen MR) is 49.5 cm³/mol. The van der Waals surface area contributed by atoms with Crippen LogP contribution >= 0.6 is 22.6 Å². The molecule has 0 amide bonds. The number of halogens is 6. The van der Waals surface area contributed by atoms with Crippen LogP contribution in [0.4, 0.5) is 22.0 Å². The van der Waals surface area contributed by atoms with Gasteiger partial charge in [0.25, 0.3) is 5.78 Å². The maximum absolute atomic E-state index is 12.9. The van der Waals surface area contributed by atoms with E-state index in [4.69, 9.17) is 0 Å². The number of carbonyl (C=O) groups excluding carboxylic acids is 1. The van der Waals surface area contributed by atoms with Gasteiger partial charge in [0.05, 0.1) is 5.56 Å². The Hall–Kier alpha value is -0.730. The van der Waals surface area contributed by atoms with Gasteiger partial charge >= 0.3 is 6.18 Å². The van der Waals surface area contributed by atoms with Gasteiger partial charge in [-0.15, -0.1) is 0 Å². The lowest BCUT2D eigenvalue weighted by molar-refractivity contribution is -0.0890. The number of carbonyl (C=O) groups is 1. The lowest BCUT2D eigenvalue weighted by atomic mass is 10.1. The second-order valence-corrected chi connectivity index (χ2v) is 3.82. The number of hydrogen-bond acceptors (Lipinski definition) is 1. The monoisotopic (exact) mass is 336 g/mol. The van der Waals surface area contributed by atoms with E-state index in [9.17, 15) is 26.7 Å². The van der Waals surface area contributed by atoms with Crippen LogP contribution in [0.25, 0.3) is 0 Å². The average Bonchev–Trinajstić information content (AvgIpc) is 1.99. The van der Waals surface area contributed by atoms with E-state index in [1.165, 1.54) is 22.6 Å². The number of ketones is 1. The van der Waals surface area contributed by atoms with Gasteiger partial charge in [-0.3, -0.25) is 4.79 Å². The number of rotatable bonds is 1. The van der Waals surface area contributed by atoms with Gasteiger partial charge in [-0.25, -0.2) is 8.78 Å². The molecule has 1 nitrogen and oxygen atoms in total. The third-order valence-electron chi connectivity index (χ3n) is 1.49. The summed E-state index contributed by atoms with van der Waals surface area (Å²) in [5.41, 5.74) is -1.57. The molecule has 0 N–H and O–H groups in total. The van der Waals surface area contributed by atoms with Crippen molar-refractivity contribution in [3.63, 3.8) is 0 Å². The number of hydrogen-bond donors (Lipinski definition) is 0. The Balaban J connectivity index is 3.33. The van der Waals surface area contributed by atoms with Crippen molar-refractivity contribution in [2.75, 3.05) is 0 Å². The Bertz CT molecular complexity index is 389. The van der Waals surface area contributed by atoms with Gasteiger partial charge in [0, 0.05) is 3.57 Å². The van der Waals surface area contributed by atoms with Crippen molar-refractivity contribution in [3.05, 3.63) is 32.9 Å². The summed E-state index contributed by atoms with van der Waals surface area (Å²) in [6, 6.07) is 1.31. The van der Waals surface area contributed by atoms with Gasteiger partial charge < -0.3 is 0 Å². The molecule has 0 aliphatic rings. The number of alkyl halides is 3. The summed E-state index contributed by atoms with van der Waals surface area (Å²) >= 11 is 1.52. The third kappa shape index (κ3) is 2.64. The normalized spacial score (nSPS) is 11.6. The van der Waals surface area contributed by atoms with E-state index in [0.29, 0.717) is 12.1 Å². The average molecular weight is 336 g/mol. The SMILES string of the molecule is O=C(c1c(F)cc(I)cc1F)C(F)(F)F. The maximum atomic E-state index is 12.9. The first kappa shape index (κ1) is 12.3. The molecule has 0 saturated heterocycles. The zero-order valence-electron chi connectivity index (χ0n) is 6.83. The van der Waals surface area contributed by atoms with Crippen molar-refractivity contribution in [1.82, 2.24) is 0 Å². The summed E-state index contributed by atoms with van der Waals surface area (Å²) in [6.45, 7) is 0. The molecule has 0 atom stereocenters. The third-order valence-corrected chi connectivity index (χ3v) is 2.11. The van der Waals surface area contributed by atoms with E-state index < -0.39 is 29.2 Å². The first-order valence-corrected chi connectivity index (χ1v) is 4.57. The van der Waals surface area contributed by atoms with Crippen LogP contribution in [0.15, 0.2) is 12.1 Å². The summed E-state index contributed by atoms with van der Waals surface area (Å²) in [7, 11) is 0. The smallest absolute Gasteiger partial charge is 0.284 e. The van der Waals surface area contributed by atoms with E-state index >= 15 is 0 Å². The molecule has 0 radical (unpaired) electrons. The Morgan fingerprint density at radius 2 is 1.53 bits per heavy atom. The molecule has 0 aromatic heterocycles. The van der Waals surface area contributed by atoms with Gasteiger partial charge in [0.15, 0.2) is 0 Å². The summed E-state index contributed by atoms with van der Waals surface area (Å²) in [5, 5.41) is 0. The van der Waals surface area contributed by atoms with E-state index in [2.05, 4.69) is 0 Å². The fourth-order valence-corrected chi connectivity index (χ4v) is 1.45. The summed E-state index contributed by atoms with van der Waals surface area (Å²) in [6.07, 6.45) is -5.28. The van der Waals surface area contributed by atoms with Gasteiger partial charge in [-0.05, 0) is 34.7 Å². The molecule has 1 aromatic carbocycles. The maximum Gasteiger partial charge on any atom is 0.455 e. The Morgan fingerprint density at radius 1 is 1.13 bits per heavy atom. The van der Waals surface area contributed by atoms with Crippen LogP contribution in [-0.4, -0.2) is 12.0 Å². The van der Waals surface area contributed by atoms with Gasteiger partial charge in [0.2, 0.25) is 0 Å². The second kappa shape index (κ2) is 4.03. The highest BCUT2D eigenvalue weighted by molar-refractivity contribution is 14.1. The summed E-state index contributed by atoms with van der Waals surface area (Å²) in [5.74, 6) is -5.54. The molecule has 7 heteroatoms. The van der Waals surface area contributed by atoms with Crippen LogP contribution in [0.5, 0.6) is 0 Å². The minimum atomic E-state index is -5.28. The Labute approximate surface area is 94.4 Å². The van der Waals surface area contributed by atoms with Crippen LogP contribution in [0.1, 0.15) is 10.4 Å². The lowest BCUT2D eigenvalue weighted by Crippen LogP contribution is -2.25. The number of Topliss-reactive ketones (excluding diaryl/α,β-unsaturated/α-hetero) is 1. The molecule has 0 aliphatic heterocycles. The minimum Gasteiger partial charge on any atom is -0.284 e. The Kier molecular flexibility index (Phi) is 3.31. The summed E-state index contributed by atoms with van der Waals surface area (Å²) < 4.78 is 61.7. The molecule has 0 bridgehead atoms. The van der Waals surface area contributed by atoms with Crippen molar-refractivity contribution in [1.29, 1.82) is 0 Å². The van der Waals surface area contributed by atoms with E-state index in [0.717, 1.165) is 0 Å². The second-order valence-electron chi connectivity index (χ2n) is 2.57. The number of benzene rings is 1. The van der Waals surface area contributed by atoms with E-state index in [1.54, 1.807) is 0 Å².